The zero-order chi connectivity index (χ0) is 24.5. The Morgan fingerprint density at radius 1 is 1.06 bits per heavy atom. The molecule has 0 radical (unpaired) electrons. The number of ether oxygens (including phenoxy) is 3. The third kappa shape index (κ3) is 4.80. The van der Waals surface area contributed by atoms with Gasteiger partial charge >= 0.3 is 5.97 Å². The SMILES string of the molecule is COC(=O)c1ccc(C2(NC(=O)C3(N4CC[C@@H](Oc5cccc(C)c5)C4)CCOCC3)CC2)cc1. The van der Waals surface area contributed by atoms with E-state index in [1.54, 1.807) is 12.1 Å². The fourth-order valence-electron chi connectivity index (χ4n) is 5.48. The van der Waals surface area contributed by atoms with Crippen molar-refractivity contribution in [3.05, 3.63) is 65.2 Å². The molecule has 0 aromatic heterocycles. The molecule has 0 unspecified atom stereocenters. The Kier molecular flexibility index (Phi) is 6.55. The van der Waals surface area contributed by atoms with Crippen molar-refractivity contribution < 1.29 is 23.8 Å². The summed E-state index contributed by atoms with van der Waals surface area (Å²) < 4.78 is 16.8. The van der Waals surface area contributed by atoms with E-state index in [9.17, 15) is 9.59 Å². The van der Waals surface area contributed by atoms with E-state index in [0.29, 0.717) is 31.6 Å². The average Bonchev–Trinajstić information content (AvgIpc) is 3.51. The smallest absolute Gasteiger partial charge is 0.337 e. The van der Waals surface area contributed by atoms with Gasteiger partial charge in [-0.25, -0.2) is 4.79 Å². The number of rotatable bonds is 7. The lowest BCUT2D eigenvalue weighted by Gasteiger charge is -2.43. The summed E-state index contributed by atoms with van der Waals surface area (Å²) in [5.41, 5.74) is 1.75. The Hall–Kier alpha value is -2.90. The average molecular weight is 479 g/mol. The largest absolute Gasteiger partial charge is 0.489 e. The van der Waals surface area contributed by atoms with Crippen LogP contribution >= 0.6 is 0 Å². The highest BCUT2D eigenvalue weighted by atomic mass is 16.5. The van der Waals surface area contributed by atoms with E-state index < -0.39 is 5.54 Å². The van der Waals surface area contributed by atoms with E-state index in [1.165, 1.54) is 12.7 Å². The molecule has 1 atom stereocenters. The summed E-state index contributed by atoms with van der Waals surface area (Å²) in [6, 6.07) is 15.5. The highest BCUT2D eigenvalue weighted by Crippen LogP contribution is 2.46. The van der Waals surface area contributed by atoms with E-state index in [1.807, 2.05) is 24.3 Å². The molecule has 2 aromatic carbocycles. The molecule has 3 fully saturated rings. The number of hydrogen-bond donors (Lipinski definition) is 1. The highest BCUT2D eigenvalue weighted by molar-refractivity contribution is 5.90. The van der Waals surface area contributed by atoms with Crippen LogP contribution < -0.4 is 10.1 Å². The minimum absolute atomic E-state index is 0.0603. The maximum atomic E-state index is 13.9. The van der Waals surface area contributed by atoms with E-state index in [4.69, 9.17) is 14.2 Å². The van der Waals surface area contributed by atoms with Crippen LogP contribution in [0.4, 0.5) is 0 Å². The number of likely N-dealkylation sites (tertiary alicyclic amines) is 1. The Bertz CT molecular complexity index is 1070. The van der Waals surface area contributed by atoms with E-state index in [-0.39, 0.29) is 23.5 Å². The zero-order valence-electron chi connectivity index (χ0n) is 20.5. The summed E-state index contributed by atoms with van der Waals surface area (Å²) in [6.45, 7) is 4.76. The van der Waals surface area contributed by atoms with E-state index in [0.717, 1.165) is 43.7 Å². The fraction of sp³-hybridized carbons (Fsp3) is 0.500. The molecule has 2 aromatic rings. The van der Waals surface area contributed by atoms with Gasteiger partial charge in [0.25, 0.3) is 0 Å². The first-order chi connectivity index (χ1) is 16.9. The number of nitrogens with one attached hydrogen (secondary N) is 1. The maximum absolute atomic E-state index is 13.9. The lowest BCUT2D eigenvalue weighted by molar-refractivity contribution is -0.141. The number of benzene rings is 2. The van der Waals surface area contributed by atoms with Gasteiger partial charge in [-0.1, -0.05) is 24.3 Å². The van der Waals surface area contributed by atoms with Crippen molar-refractivity contribution in [3.8, 4) is 5.75 Å². The summed E-state index contributed by atoms with van der Waals surface area (Å²) in [6.07, 6.45) is 4.08. The molecule has 2 aliphatic heterocycles. The topological polar surface area (TPSA) is 77.1 Å². The van der Waals surface area contributed by atoms with Gasteiger partial charge in [0, 0.05) is 26.3 Å². The molecule has 2 saturated heterocycles. The molecule has 0 spiro atoms. The molecular formula is C28H34N2O5. The van der Waals surface area contributed by atoms with Crippen molar-refractivity contribution in [1.82, 2.24) is 10.2 Å². The molecule has 186 valence electrons. The van der Waals surface area contributed by atoms with Crippen LogP contribution in [0.3, 0.4) is 0 Å². The van der Waals surface area contributed by atoms with Crippen LogP contribution in [-0.2, 0) is 19.8 Å². The van der Waals surface area contributed by atoms with Crippen molar-refractivity contribution in [2.45, 2.75) is 56.2 Å². The van der Waals surface area contributed by atoms with Gasteiger partial charge in [-0.3, -0.25) is 9.69 Å². The molecule has 2 heterocycles. The molecule has 1 N–H and O–H groups in total. The molecule has 5 rings (SSSR count). The van der Waals surface area contributed by atoms with Gasteiger partial charge in [0.05, 0.1) is 18.2 Å². The van der Waals surface area contributed by atoms with Crippen molar-refractivity contribution in [3.63, 3.8) is 0 Å². The number of carbonyl (C=O) groups is 2. The zero-order valence-corrected chi connectivity index (χ0v) is 20.5. The fourth-order valence-corrected chi connectivity index (χ4v) is 5.48. The molecule has 35 heavy (non-hydrogen) atoms. The predicted octanol–water partition coefficient (Wildman–Crippen LogP) is 3.59. The normalized spacial score (nSPS) is 22.9. The molecule has 0 bridgehead atoms. The number of nitrogens with zero attached hydrogens (tertiary/aromatic N) is 1. The van der Waals surface area contributed by atoms with Crippen molar-refractivity contribution in [2.75, 3.05) is 33.4 Å². The quantitative estimate of drug-likeness (QED) is 0.613. The van der Waals surface area contributed by atoms with Crippen LogP contribution in [-0.4, -0.2) is 61.8 Å². The molecule has 7 heteroatoms. The minimum Gasteiger partial charge on any atom is -0.489 e. The monoisotopic (exact) mass is 478 g/mol. The second-order valence-corrected chi connectivity index (χ2v) is 10.0. The number of carbonyl (C=O) groups excluding carboxylic acids is 2. The maximum Gasteiger partial charge on any atom is 0.337 e. The lowest BCUT2D eigenvalue weighted by Crippen LogP contribution is -2.62. The van der Waals surface area contributed by atoms with Crippen molar-refractivity contribution in [1.29, 1.82) is 0 Å². The Morgan fingerprint density at radius 3 is 2.46 bits per heavy atom. The van der Waals surface area contributed by atoms with Crippen LogP contribution in [0, 0.1) is 6.92 Å². The molecule has 1 saturated carbocycles. The number of hydrogen-bond acceptors (Lipinski definition) is 6. The third-order valence-corrected chi connectivity index (χ3v) is 7.75. The van der Waals surface area contributed by atoms with Crippen LogP contribution in [0.25, 0.3) is 0 Å². The van der Waals surface area contributed by atoms with E-state index in [2.05, 4.69) is 29.3 Å². The van der Waals surface area contributed by atoms with Crippen LogP contribution in [0.15, 0.2) is 48.5 Å². The van der Waals surface area contributed by atoms with Gasteiger partial charge in [-0.2, -0.15) is 0 Å². The summed E-state index contributed by atoms with van der Waals surface area (Å²) in [5.74, 6) is 0.601. The van der Waals surface area contributed by atoms with Gasteiger partial charge in [-0.15, -0.1) is 0 Å². The van der Waals surface area contributed by atoms with Gasteiger partial charge in [0.2, 0.25) is 5.91 Å². The van der Waals surface area contributed by atoms with Gasteiger partial charge in [0.15, 0.2) is 0 Å². The number of esters is 1. The van der Waals surface area contributed by atoms with Crippen molar-refractivity contribution >= 4 is 11.9 Å². The van der Waals surface area contributed by atoms with Crippen LogP contribution in [0.1, 0.15) is 53.6 Å². The van der Waals surface area contributed by atoms with Gasteiger partial charge in [-0.05, 0) is 74.4 Å². The second kappa shape index (κ2) is 9.63. The molecular weight excluding hydrogens is 444 g/mol. The molecule has 3 aliphatic rings. The third-order valence-electron chi connectivity index (χ3n) is 7.75. The number of methoxy groups -OCH3 is 1. The summed E-state index contributed by atoms with van der Waals surface area (Å²) >= 11 is 0. The number of amides is 1. The Labute approximate surface area is 206 Å². The first kappa shape index (κ1) is 23.8. The summed E-state index contributed by atoms with van der Waals surface area (Å²) in [7, 11) is 1.38. The molecule has 1 aliphatic carbocycles. The molecule has 1 amide bonds. The first-order valence-corrected chi connectivity index (χ1v) is 12.5. The number of aryl methyl sites for hydroxylation is 1. The standard InChI is InChI=1S/C28H34N2O5/c1-20-4-3-5-23(18-20)35-24-10-15-30(19-24)28(13-16-34-17-14-28)26(32)29-27(11-12-27)22-8-6-21(7-9-22)25(31)33-2/h3-9,18,24H,10-17,19H2,1-2H3,(H,29,32)/t24-/m1/s1. The second-order valence-electron chi connectivity index (χ2n) is 10.0. The summed E-state index contributed by atoms with van der Waals surface area (Å²) in [5, 5.41) is 3.41. The lowest BCUT2D eigenvalue weighted by atomic mass is 9.86. The predicted molar refractivity (Wildman–Crippen MR) is 131 cm³/mol. The Morgan fingerprint density at radius 2 is 1.80 bits per heavy atom. The molecule has 7 nitrogen and oxygen atoms in total. The summed E-state index contributed by atoms with van der Waals surface area (Å²) in [4.78, 5) is 28.1. The highest BCUT2D eigenvalue weighted by Gasteiger charge is 2.53. The van der Waals surface area contributed by atoms with Gasteiger partial charge in [0.1, 0.15) is 17.4 Å². The van der Waals surface area contributed by atoms with Crippen LogP contribution in [0.5, 0.6) is 5.75 Å². The minimum atomic E-state index is -0.593. The van der Waals surface area contributed by atoms with Crippen LogP contribution in [0.2, 0.25) is 0 Å². The van der Waals surface area contributed by atoms with E-state index >= 15 is 0 Å². The Balaban J connectivity index is 1.30. The first-order valence-electron chi connectivity index (χ1n) is 12.5. The van der Waals surface area contributed by atoms with Gasteiger partial charge < -0.3 is 19.5 Å². The van der Waals surface area contributed by atoms with Crippen molar-refractivity contribution in [2.24, 2.45) is 0 Å².